The zero-order chi connectivity index (χ0) is 18.8. The Hall–Kier alpha value is -1.84. The molecule has 0 saturated heterocycles. The number of fused-ring (bicyclic) bond motifs is 2. The van der Waals surface area contributed by atoms with E-state index in [-0.39, 0.29) is 23.8 Å². The lowest BCUT2D eigenvalue weighted by atomic mass is 9.84. The first-order valence-corrected chi connectivity index (χ1v) is 10.0. The molecule has 4 heteroatoms. The quantitative estimate of drug-likeness (QED) is 0.817. The molecule has 2 amide bonds. The summed E-state index contributed by atoms with van der Waals surface area (Å²) in [7, 11) is 0. The van der Waals surface area contributed by atoms with Gasteiger partial charge in [-0.05, 0) is 68.9 Å². The monoisotopic (exact) mass is 356 g/mol. The van der Waals surface area contributed by atoms with E-state index in [1.807, 2.05) is 32.9 Å². The third-order valence-electron chi connectivity index (χ3n) is 6.35. The molecular formula is C22H32N2O2. The Morgan fingerprint density at radius 1 is 1.00 bits per heavy atom. The minimum atomic E-state index is -0.509. The average molecular weight is 357 g/mol. The van der Waals surface area contributed by atoms with Gasteiger partial charge in [-0.2, -0.15) is 0 Å². The molecular weight excluding hydrogens is 324 g/mol. The van der Waals surface area contributed by atoms with Crippen molar-refractivity contribution in [1.82, 2.24) is 10.6 Å². The van der Waals surface area contributed by atoms with Crippen molar-refractivity contribution in [1.29, 1.82) is 0 Å². The first kappa shape index (κ1) is 18.9. The lowest BCUT2D eigenvalue weighted by Crippen LogP contribution is -2.53. The van der Waals surface area contributed by atoms with Crippen LogP contribution in [0.5, 0.6) is 0 Å². The second-order valence-corrected chi connectivity index (χ2v) is 8.70. The van der Waals surface area contributed by atoms with Crippen molar-refractivity contribution in [3.63, 3.8) is 0 Å². The highest BCUT2D eigenvalue weighted by atomic mass is 16.2. The van der Waals surface area contributed by atoms with Gasteiger partial charge < -0.3 is 10.6 Å². The van der Waals surface area contributed by atoms with Crippen LogP contribution >= 0.6 is 0 Å². The molecule has 2 aliphatic carbocycles. The smallest absolute Gasteiger partial charge is 0.251 e. The van der Waals surface area contributed by atoms with E-state index in [1.54, 1.807) is 12.1 Å². The highest BCUT2D eigenvalue weighted by Crippen LogP contribution is 2.49. The number of amides is 2. The van der Waals surface area contributed by atoms with Gasteiger partial charge >= 0.3 is 0 Å². The second-order valence-electron chi connectivity index (χ2n) is 8.70. The van der Waals surface area contributed by atoms with Crippen molar-refractivity contribution in [2.24, 2.45) is 23.7 Å². The van der Waals surface area contributed by atoms with E-state index in [9.17, 15) is 9.59 Å². The van der Waals surface area contributed by atoms with Crippen molar-refractivity contribution in [3.05, 3.63) is 35.4 Å². The number of nitrogens with one attached hydrogen (secondary N) is 2. The van der Waals surface area contributed by atoms with Crippen LogP contribution in [0.25, 0.3) is 0 Å². The zero-order valence-corrected chi connectivity index (χ0v) is 16.4. The molecule has 5 atom stereocenters. The molecule has 2 fully saturated rings. The Balaban J connectivity index is 1.60. The second kappa shape index (κ2) is 7.81. The highest BCUT2D eigenvalue weighted by molar-refractivity contribution is 5.97. The fraction of sp³-hybridized carbons (Fsp3) is 0.636. The van der Waals surface area contributed by atoms with Crippen LogP contribution in [0.15, 0.2) is 24.3 Å². The topological polar surface area (TPSA) is 58.2 Å². The molecule has 2 bridgehead atoms. The highest BCUT2D eigenvalue weighted by Gasteiger charge is 2.42. The van der Waals surface area contributed by atoms with Gasteiger partial charge in [0.1, 0.15) is 6.04 Å². The molecule has 26 heavy (non-hydrogen) atoms. The van der Waals surface area contributed by atoms with Crippen LogP contribution in [-0.4, -0.2) is 23.9 Å². The number of carbonyl (C=O) groups is 2. The van der Waals surface area contributed by atoms with E-state index in [0.29, 0.717) is 11.5 Å². The first-order valence-electron chi connectivity index (χ1n) is 10.0. The maximum atomic E-state index is 12.9. The third-order valence-corrected chi connectivity index (χ3v) is 6.35. The molecule has 2 N–H and O–H groups in total. The maximum Gasteiger partial charge on any atom is 0.251 e. The van der Waals surface area contributed by atoms with Gasteiger partial charge in [-0.15, -0.1) is 0 Å². The molecule has 0 aromatic heterocycles. The summed E-state index contributed by atoms with van der Waals surface area (Å²) in [6.45, 7) is 8.06. The number of aryl methyl sites for hydroxylation is 1. The maximum absolute atomic E-state index is 12.9. The minimum absolute atomic E-state index is 0.0385. The van der Waals surface area contributed by atoms with Crippen LogP contribution in [0.2, 0.25) is 0 Å². The molecule has 2 saturated carbocycles. The molecule has 3 rings (SSSR count). The molecule has 1 aromatic carbocycles. The van der Waals surface area contributed by atoms with Gasteiger partial charge in [-0.1, -0.05) is 38.0 Å². The van der Waals surface area contributed by atoms with Crippen LogP contribution < -0.4 is 10.6 Å². The van der Waals surface area contributed by atoms with Crippen LogP contribution in [0.3, 0.4) is 0 Å². The molecule has 0 heterocycles. The lowest BCUT2D eigenvalue weighted by Gasteiger charge is -2.31. The number of hydrogen-bond donors (Lipinski definition) is 2. The Labute approximate surface area is 157 Å². The fourth-order valence-corrected chi connectivity index (χ4v) is 4.79. The molecule has 0 radical (unpaired) electrons. The number of rotatable bonds is 6. The van der Waals surface area contributed by atoms with Crippen molar-refractivity contribution < 1.29 is 9.59 Å². The van der Waals surface area contributed by atoms with E-state index in [2.05, 4.69) is 17.6 Å². The number of carbonyl (C=O) groups excluding carboxylic acids is 2. The molecule has 0 spiro atoms. The van der Waals surface area contributed by atoms with E-state index in [0.717, 1.165) is 17.4 Å². The molecule has 142 valence electrons. The molecule has 4 nitrogen and oxygen atoms in total. The minimum Gasteiger partial charge on any atom is -0.352 e. The van der Waals surface area contributed by atoms with E-state index < -0.39 is 6.04 Å². The Morgan fingerprint density at radius 3 is 2.23 bits per heavy atom. The zero-order valence-electron chi connectivity index (χ0n) is 16.4. The molecule has 0 aliphatic heterocycles. The first-order chi connectivity index (χ1) is 12.3. The standard InChI is InChI=1S/C22H32N2O2/c1-13(2)20(24-21(25)17-8-5-14(3)6-9-17)22(26)23-15(4)19-12-16-7-10-18(19)11-16/h5-6,8-9,13,15-16,18-20H,7,10-12H2,1-4H3,(H,23,26)(H,24,25)/t15?,16?,18?,19?,20-/m0/s1. The van der Waals surface area contributed by atoms with Gasteiger partial charge in [0.2, 0.25) is 5.91 Å². The van der Waals surface area contributed by atoms with Crippen molar-refractivity contribution in [2.75, 3.05) is 0 Å². The van der Waals surface area contributed by atoms with Crippen molar-refractivity contribution in [3.8, 4) is 0 Å². The van der Waals surface area contributed by atoms with Crippen LogP contribution in [-0.2, 0) is 4.79 Å². The molecule has 4 unspecified atom stereocenters. The van der Waals surface area contributed by atoms with Gasteiger partial charge in [0, 0.05) is 11.6 Å². The SMILES string of the molecule is Cc1ccc(C(=O)N[C@H](C(=O)NC(C)C2CC3CCC2C3)C(C)C)cc1. The summed E-state index contributed by atoms with van der Waals surface area (Å²) in [5.74, 6) is 2.03. The lowest BCUT2D eigenvalue weighted by molar-refractivity contribution is -0.125. The summed E-state index contributed by atoms with van der Waals surface area (Å²) in [6, 6.07) is 7.10. The van der Waals surface area contributed by atoms with E-state index in [4.69, 9.17) is 0 Å². The molecule has 1 aromatic rings. The van der Waals surface area contributed by atoms with Gasteiger partial charge in [0.15, 0.2) is 0 Å². The summed E-state index contributed by atoms with van der Waals surface area (Å²) in [4.78, 5) is 25.4. The average Bonchev–Trinajstić information content (AvgIpc) is 3.23. The Bertz CT molecular complexity index is 653. The van der Waals surface area contributed by atoms with Crippen molar-refractivity contribution >= 4 is 11.8 Å². The summed E-state index contributed by atoms with van der Waals surface area (Å²) in [5.41, 5.74) is 1.70. The van der Waals surface area contributed by atoms with Crippen molar-refractivity contribution in [2.45, 2.75) is 65.5 Å². The summed E-state index contributed by atoms with van der Waals surface area (Å²) in [5, 5.41) is 6.13. The fourth-order valence-electron chi connectivity index (χ4n) is 4.79. The normalized spacial score (nSPS) is 26.6. The number of hydrogen-bond acceptors (Lipinski definition) is 2. The summed E-state index contributed by atoms with van der Waals surface area (Å²) in [6.07, 6.45) is 5.26. The van der Waals surface area contributed by atoms with Gasteiger partial charge in [0.25, 0.3) is 5.91 Å². The predicted octanol–water partition coefficient (Wildman–Crippen LogP) is 3.69. The Morgan fingerprint density at radius 2 is 1.69 bits per heavy atom. The largest absolute Gasteiger partial charge is 0.352 e. The molecule has 2 aliphatic rings. The van der Waals surface area contributed by atoms with Gasteiger partial charge in [-0.3, -0.25) is 9.59 Å². The van der Waals surface area contributed by atoms with Gasteiger partial charge in [0.05, 0.1) is 0 Å². The van der Waals surface area contributed by atoms with E-state index in [1.165, 1.54) is 25.7 Å². The van der Waals surface area contributed by atoms with Gasteiger partial charge in [-0.25, -0.2) is 0 Å². The van der Waals surface area contributed by atoms with E-state index >= 15 is 0 Å². The van der Waals surface area contributed by atoms with Crippen LogP contribution in [0.4, 0.5) is 0 Å². The summed E-state index contributed by atoms with van der Waals surface area (Å²) >= 11 is 0. The summed E-state index contributed by atoms with van der Waals surface area (Å²) < 4.78 is 0. The predicted molar refractivity (Wildman–Crippen MR) is 104 cm³/mol. The number of benzene rings is 1. The Kier molecular flexibility index (Phi) is 5.69. The third kappa shape index (κ3) is 4.11. The van der Waals surface area contributed by atoms with Crippen LogP contribution in [0.1, 0.15) is 62.4 Å². The van der Waals surface area contributed by atoms with Crippen LogP contribution in [0, 0.1) is 30.6 Å².